The van der Waals surface area contributed by atoms with Crippen molar-refractivity contribution in [1.29, 1.82) is 0 Å². The van der Waals surface area contributed by atoms with E-state index in [9.17, 15) is 9.59 Å². The Hall–Kier alpha value is -3.92. The number of methoxy groups -OCH3 is 1. The third-order valence-corrected chi connectivity index (χ3v) is 5.75. The number of nitrogens with zero attached hydrogens (tertiary/aromatic N) is 1. The van der Waals surface area contributed by atoms with Crippen molar-refractivity contribution in [2.75, 3.05) is 38.7 Å². The van der Waals surface area contributed by atoms with Gasteiger partial charge in [-0.3, -0.25) is 14.5 Å². The number of amides is 1. The molecule has 0 aliphatic carbocycles. The quantitative estimate of drug-likeness (QED) is 0.439. The lowest BCUT2D eigenvalue weighted by atomic mass is 10.1. The zero-order valence-electron chi connectivity index (χ0n) is 19.8. The molecule has 3 aromatic carbocycles. The van der Waals surface area contributed by atoms with Gasteiger partial charge in [-0.1, -0.05) is 36.1 Å². The Bertz CT molecular complexity index is 1200. The highest BCUT2D eigenvalue weighted by atomic mass is 16.5. The number of morpholine rings is 1. The number of nitrogens with one attached hydrogen (secondary N) is 1. The van der Waals surface area contributed by atoms with Crippen molar-refractivity contribution < 1.29 is 19.1 Å². The number of benzene rings is 3. The first-order valence-corrected chi connectivity index (χ1v) is 11.6. The lowest BCUT2D eigenvalue weighted by Gasteiger charge is -2.26. The highest BCUT2D eigenvalue weighted by Crippen LogP contribution is 2.13. The standard InChI is InChI=1S/C29H28N2O4/c1-34-28(32)20-24-10-14-27(15-11-24)30-29(33)26-12-8-23(9-13-26)3-2-22-4-6-25(7-5-22)21-31-16-18-35-19-17-31/h4-15H,16-21H2,1H3,(H,30,33). The number of ether oxygens (including phenoxy) is 2. The Kier molecular flexibility index (Phi) is 8.29. The molecule has 0 spiro atoms. The van der Waals surface area contributed by atoms with Crippen LogP contribution in [-0.2, 0) is 27.2 Å². The van der Waals surface area contributed by atoms with Crippen molar-refractivity contribution in [3.63, 3.8) is 0 Å². The van der Waals surface area contributed by atoms with Crippen molar-refractivity contribution in [2.24, 2.45) is 0 Å². The summed E-state index contributed by atoms with van der Waals surface area (Å²) in [5.41, 5.74) is 5.08. The Balaban J connectivity index is 1.31. The van der Waals surface area contributed by atoms with Crippen molar-refractivity contribution >= 4 is 17.6 Å². The van der Waals surface area contributed by atoms with Gasteiger partial charge in [0.05, 0.1) is 26.7 Å². The number of hydrogen-bond donors (Lipinski definition) is 1. The fourth-order valence-electron chi connectivity index (χ4n) is 3.71. The molecular weight excluding hydrogens is 440 g/mol. The van der Waals surface area contributed by atoms with Crippen LogP contribution in [0.2, 0.25) is 0 Å². The SMILES string of the molecule is COC(=O)Cc1ccc(NC(=O)c2ccc(C#Cc3ccc(CN4CCOCC4)cc3)cc2)cc1. The van der Waals surface area contributed by atoms with Gasteiger partial charge in [-0.25, -0.2) is 0 Å². The summed E-state index contributed by atoms with van der Waals surface area (Å²) in [5.74, 6) is 5.84. The van der Waals surface area contributed by atoms with Crippen LogP contribution in [-0.4, -0.2) is 50.2 Å². The minimum absolute atomic E-state index is 0.200. The van der Waals surface area contributed by atoms with Crippen LogP contribution in [0.5, 0.6) is 0 Å². The summed E-state index contributed by atoms with van der Waals surface area (Å²) in [6, 6.07) is 22.6. The van der Waals surface area contributed by atoms with E-state index in [0.717, 1.165) is 49.5 Å². The first kappa shape index (κ1) is 24.2. The van der Waals surface area contributed by atoms with Crippen molar-refractivity contribution in [2.45, 2.75) is 13.0 Å². The molecule has 1 aliphatic rings. The van der Waals surface area contributed by atoms with E-state index >= 15 is 0 Å². The molecule has 0 unspecified atom stereocenters. The molecule has 1 amide bonds. The molecule has 0 saturated carbocycles. The number of esters is 1. The van der Waals surface area contributed by atoms with E-state index in [4.69, 9.17) is 4.74 Å². The van der Waals surface area contributed by atoms with Gasteiger partial charge in [0, 0.05) is 42.0 Å². The molecule has 0 bridgehead atoms. The van der Waals surface area contributed by atoms with E-state index in [-0.39, 0.29) is 18.3 Å². The first-order chi connectivity index (χ1) is 17.1. The normalized spacial score (nSPS) is 13.4. The molecule has 3 aromatic rings. The molecule has 178 valence electrons. The second-order valence-electron chi connectivity index (χ2n) is 8.32. The maximum atomic E-state index is 12.6. The van der Waals surface area contributed by atoms with Crippen molar-refractivity contribution in [3.8, 4) is 11.8 Å². The summed E-state index contributed by atoms with van der Waals surface area (Å²) in [6.45, 7) is 4.47. The number of hydrogen-bond acceptors (Lipinski definition) is 5. The summed E-state index contributed by atoms with van der Waals surface area (Å²) in [7, 11) is 1.36. The minimum atomic E-state index is -0.300. The van der Waals surface area contributed by atoms with Gasteiger partial charge < -0.3 is 14.8 Å². The Morgan fingerprint density at radius 3 is 2.03 bits per heavy atom. The van der Waals surface area contributed by atoms with Crippen LogP contribution in [0.15, 0.2) is 72.8 Å². The number of carbonyl (C=O) groups excluding carboxylic acids is 2. The van der Waals surface area contributed by atoms with Crippen LogP contribution in [0.25, 0.3) is 0 Å². The molecule has 1 saturated heterocycles. The van der Waals surface area contributed by atoms with Gasteiger partial charge in [-0.2, -0.15) is 0 Å². The van der Waals surface area contributed by atoms with E-state index in [1.165, 1.54) is 12.7 Å². The second kappa shape index (κ2) is 12.0. The molecule has 1 fully saturated rings. The monoisotopic (exact) mass is 468 g/mol. The molecule has 0 radical (unpaired) electrons. The van der Waals surface area contributed by atoms with Gasteiger partial charge in [0.15, 0.2) is 0 Å². The Morgan fingerprint density at radius 1 is 0.857 bits per heavy atom. The van der Waals surface area contributed by atoms with Crippen LogP contribution >= 0.6 is 0 Å². The maximum absolute atomic E-state index is 12.6. The summed E-state index contributed by atoms with van der Waals surface area (Å²) >= 11 is 0. The number of rotatable bonds is 6. The number of carbonyl (C=O) groups is 2. The van der Waals surface area contributed by atoms with Crippen molar-refractivity contribution in [1.82, 2.24) is 4.90 Å². The molecule has 1 N–H and O–H groups in total. The van der Waals surface area contributed by atoms with Gasteiger partial charge in [-0.15, -0.1) is 0 Å². The fraction of sp³-hybridized carbons (Fsp3) is 0.241. The third-order valence-electron chi connectivity index (χ3n) is 5.75. The molecule has 0 atom stereocenters. The molecule has 1 aliphatic heterocycles. The average Bonchev–Trinajstić information content (AvgIpc) is 2.90. The predicted molar refractivity (Wildman–Crippen MR) is 135 cm³/mol. The molecule has 1 heterocycles. The topological polar surface area (TPSA) is 67.9 Å². The van der Waals surface area contributed by atoms with Crippen LogP contribution in [0.1, 0.15) is 32.6 Å². The fourth-order valence-corrected chi connectivity index (χ4v) is 3.71. The molecule has 6 nitrogen and oxygen atoms in total. The molecule has 4 rings (SSSR count). The molecular formula is C29H28N2O4. The zero-order chi connectivity index (χ0) is 24.5. The lowest BCUT2D eigenvalue weighted by Crippen LogP contribution is -2.35. The third kappa shape index (κ3) is 7.28. The van der Waals surface area contributed by atoms with Gasteiger partial charge in [0.2, 0.25) is 0 Å². The van der Waals surface area contributed by atoms with Gasteiger partial charge in [0.25, 0.3) is 5.91 Å². The first-order valence-electron chi connectivity index (χ1n) is 11.6. The largest absolute Gasteiger partial charge is 0.469 e. The lowest BCUT2D eigenvalue weighted by molar-refractivity contribution is -0.139. The van der Waals surface area contributed by atoms with Gasteiger partial charge in [-0.05, 0) is 59.7 Å². The molecule has 6 heteroatoms. The summed E-state index contributed by atoms with van der Waals surface area (Å²) < 4.78 is 10.1. The van der Waals surface area contributed by atoms with E-state index in [0.29, 0.717) is 11.3 Å². The van der Waals surface area contributed by atoms with Crippen LogP contribution in [0.3, 0.4) is 0 Å². The van der Waals surface area contributed by atoms with Crippen LogP contribution in [0.4, 0.5) is 5.69 Å². The molecule has 35 heavy (non-hydrogen) atoms. The summed E-state index contributed by atoms with van der Waals surface area (Å²) in [6.07, 6.45) is 0.200. The van der Waals surface area contributed by atoms with E-state index in [1.54, 1.807) is 36.4 Å². The van der Waals surface area contributed by atoms with Gasteiger partial charge in [0.1, 0.15) is 0 Å². The van der Waals surface area contributed by atoms with Crippen molar-refractivity contribution in [3.05, 3.63) is 101 Å². The number of anilines is 1. The highest BCUT2D eigenvalue weighted by molar-refractivity contribution is 6.04. The Labute approximate surface area is 205 Å². The maximum Gasteiger partial charge on any atom is 0.309 e. The second-order valence-corrected chi connectivity index (χ2v) is 8.32. The minimum Gasteiger partial charge on any atom is -0.469 e. The van der Waals surface area contributed by atoms with Gasteiger partial charge >= 0.3 is 5.97 Å². The molecule has 0 aromatic heterocycles. The smallest absolute Gasteiger partial charge is 0.309 e. The Morgan fingerprint density at radius 2 is 1.43 bits per heavy atom. The highest BCUT2D eigenvalue weighted by Gasteiger charge is 2.10. The zero-order valence-corrected chi connectivity index (χ0v) is 19.8. The predicted octanol–water partition coefficient (Wildman–Crippen LogP) is 3.89. The summed E-state index contributed by atoms with van der Waals surface area (Å²) in [5, 5.41) is 2.86. The van der Waals surface area contributed by atoms with E-state index < -0.39 is 0 Å². The van der Waals surface area contributed by atoms with E-state index in [1.807, 2.05) is 24.3 Å². The van der Waals surface area contributed by atoms with Crippen LogP contribution in [0, 0.1) is 11.8 Å². The average molecular weight is 469 g/mol. The summed E-state index contributed by atoms with van der Waals surface area (Å²) in [4.78, 5) is 26.3. The van der Waals surface area contributed by atoms with E-state index in [2.05, 4.69) is 38.9 Å². The van der Waals surface area contributed by atoms with Crippen LogP contribution < -0.4 is 5.32 Å².